The van der Waals surface area contributed by atoms with Crippen molar-refractivity contribution >= 4 is 16.8 Å². The zero-order chi connectivity index (χ0) is 10.7. The van der Waals surface area contributed by atoms with Gasteiger partial charge in [0.15, 0.2) is 6.10 Å². The molecule has 0 heterocycles. The maximum Gasteiger partial charge on any atom is 0.262 e. The van der Waals surface area contributed by atoms with Gasteiger partial charge in [0.2, 0.25) is 0 Å². The maximum absolute atomic E-state index is 10.8. The summed E-state index contributed by atoms with van der Waals surface area (Å²) in [6, 6.07) is 5.80. The highest BCUT2D eigenvalue weighted by atomic mass is 35.5. The van der Waals surface area contributed by atoms with Gasteiger partial charge >= 0.3 is 0 Å². The van der Waals surface area contributed by atoms with Gasteiger partial charge in [-0.05, 0) is 55.6 Å². The van der Waals surface area contributed by atoms with E-state index in [1.165, 1.54) is 0 Å². The molecule has 76 valence electrons. The lowest BCUT2D eigenvalue weighted by Gasteiger charge is -2.11. The van der Waals surface area contributed by atoms with Crippen LogP contribution in [-0.4, -0.2) is 11.3 Å². The molecule has 2 nitrogen and oxygen atoms in total. The van der Waals surface area contributed by atoms with E-state index in [1.54, 1.807) is 6.92 Å². The Balaban J connectivity index is 2.81. The van der Waals surface area contributed by atoms with Crippen LogP contribution in [0.4, 0.5) is 0 Å². The first-order valence-corrected chi connectivity index (χ1v) is 4.81. The maximum atomic E-state index is 10.8. The summed E-state index contributed by atoms with van der Waals surface area (Å²) in [4.78, 5) is 10.8. The Labute approximate surface area is 88.8 Å². The van der Waals surface area contributed by atoms with E-state index in [1.807, 2.05) is 32.0 Å². The second kappa shape index (κ2) is 4.47. The lowest BCUT2D eigenvalue weighted by atomic mass is 10.1. The highest BCUT2D eigenvalue weighted by molar-refractivity contribution is 6.64. The van der Waals surface area contributed by atoms with Gasteiger partial charge in [0.25, 0.3) is 5.24 Å². The third kappa shape index (κ3) is 3.04. The molecule has 0 fully saturated rings. The topological polar surface area (TPSA) is 26.3 Å². The van der Waals surface area contributed by atoms with Gasteiger partial charge in [0, 0.05) is 0 Å². The van der Waals surface area contributed by atoms with Gasteiger partial charge in [-0.1, -0.05) is 6.07 Å². The van der Waals surface area contributed by atoms with Crippen LogP contribution in [0.5, 0.6) is 5.75 Å². The molecule has 0 aliphatic carbocycles. The monoisotopic (exact) mass is 212 g/mol. The van der Waals surface area contributed by atoms with Crippen LogP contribution < -0.4 is 4.74 Å². The van der Waals surface area contributed by atoms with Crippen LogP contribution in [0.3, 0.4) is 0 Å². The van der Waals surface area contributed by atoms with Crippen LogP contribution in [0.25, 0.3) is 0 Å². The summed E-state index contributed by atoms with van der Waals surface area (Å²) in [7, 11) is 0. The fourth-order valence-electron chi connectivity index (χ4n) is 1.25. The third-order valence-corrected chi connectivity index (χ3v) is 2.13. The van der Waals surface area contributed by atoms with Crippen molar-refractivity contribution < 1.29 is 9.53 Å². The Bertz CT molecular complexity index is 327. The molecule has 14 heavy (non-hydrogen) atoms. The number of benzene rings is 1. The van der Waals surface area contributed by atoms with Crippen molar-refractivity contribution in [2.75, 3.05) is 0 Å². The number of hydrogen-bond donors (Lipinski definition) is 0. The predicted molar refractivity (Wildman–Crippen MR) is 56.9 cm³/mol. The molecule has 0 bridgehead atoms. The predicted octanol–water partition coefficient (Wildman–Crippen LogP) is 2.84. The second-order valence-electron chi connectivity index (χ2n) is 3.39. The molecule has 0 radical (unpaired) electrons. The van der Waals surface area contributed by atoms with Gasteiger partial charge in [-0.25, -0.2) is 0 Å². The lowest BCUT2D eigenvalue weighted by Crippen LogP contribution is -2.18. The molecule has 0 aliphatic rings. The van der Waals surface area contributed by atoms with Crippen molar-refractivity contribution in [3.8, 4) is 5.75 Å². The average molecular weight is 213 g/mol. The van der Waals surface area contributed by atoms with Crippen LogP contribution in [0, 0.1) is 13.8 Å². The Kier molecular flexibility index (Phi) is 3.53. The molecular weight excluding hydrogens is 200 g/mol. The van der Waals surface area contributed by atoms with Gasteiger partial charge in [-0.2, -0.15) is 0 Å². The SMILES string of the molecule is Cc1cc(C)cc(O[C@@H](C)C(=O)Cl)c1. The number of carbonyl (C=O) groups excluding carboxylic acids is 1. The minimum Gasteiger partial charge on any atom is -0.482 e. The van der Waals surface area contributed by atoms with Crippen molar-refractivity contribution in [3.05, 3.63) is 29.3 Å². The molecular formula is C11H13ClO2. The van der Waals surface area contributed by atoms with E-state index in [2.05, 4.69) is 0 Å². The Morgan fingerprint density at radius 3 is 2.21 bits per heavy atom. The normalized spacial score (nSPS) is 12.3. The van der Waals surface area contributed by atoms with Crippen LogP contribution in [0.2, 0.25) is 0 Å². The molecule has 0 aromatic heterocycles. The van der Waals surface area contributed by atoms with E-state index >= 15 is 0 Å². The summed E-state index contributed by atoms with van der Waals surface area (Å²) >= 11 is 5.29. The zero-order valence-electron chi connectivity index (χ0n) is 8.50. The fraction of sp³-hybridized carbons (Fsp3) is 0.364. The molecule has 1 atom stereocenters. The number of halogens is 1. The summed E-state index contributed by atoms with van der Waals surface area (Å²) in [5.41, 5.74) is 2.21. The van der Waals surface area contributed by atoms with Gasteiger partial charge in [-0.15, -0.1) is 0 Å². The van der Waals surface area contributed by atoms with Crippen molar-refractivity contribution in [1.29, 1.82) is 0 Å². The van der Waals surface area contributed by atoms with Crippen molar-refractivity contribution in [1.82, 2.24) is 0 Å². The summed E-state index contributed by atoms with van der Waals surface area (Å²) < 4.78 is 5.36. The van der Waals surface area contributed by atoms with Crippen LogP contribution in [-0.2, 0) is 4.79 Å². The smallest absolute Gasteiger partial charge is 0.262 e. The average Bonchev–Trinajstić information content (AvgIpc) is 2.01. The fourth-order valence-corrected chi connectivity index (χ4v) is 1.30. The van der Waals surface area contributed by atoms with E-state index in [0.29, 0.717) is 5.75 Å². The quantitative estimate of drug-likeness (QED) is 0.721. The molecule has 1 rings (SSSR count). The Hall–Kier alpha value is -1.02. The lowest BCUT2D eigenvalue weighted by molar-refractivity contribution is -0.117. The van der Waals surface area contributed by atoms with Crippen LogP contribution >= 0.6 is 11.6 Å². The van der Waals surface area contributed by atoms with Crippen molar-refractivity contribution in [2.24, 2.45) is 0 Å². The number of aryl methyl sites for hydroxylation is 2. The summed E-state index contributed by atoms with van der Waals surface area (Å²) in [5.74, 6) is 0.684. The Morgan fingerprint density at radius 1 is 1.29 bits per heavy atom. The van der Waals surface area contributed by atoms with Crippen LogP contribution in [0.1, 0.15) is 18.1 Å². The molecule has 1 aromatic carbocycles. The van der Waals surface area contributed by atoms with Crippen LogP contribution in [0.15, 0.2) is 18.2 Å². The number of carbonyl (C=O) groups is 1. The van der Waals surface area contributed by atoms with Gasteiger partial charge in [0.1, 0.15) is 5.75 Å². The summed E-state index contributed by atoms with van der Waals surface area (Å²) in [5, 5.41) is -0.482. The van der Waals surface area contributed by atoms with Gasteiger partial charge in [0.05, 0.1) is 0 Å². The molecule has 0 unspecified atom stereocenters. The highest BCUT2D eigenvalue weighted by Crippen LogP contribution is 2.17. The van der Waals surface area contributed by atoms with E-state index in [9.17, 15) is 4.79 Å². The number of ether oxygens (including phenoxy) is 1. The molecule has 0 saturated heterocycles. The third-order valence-electron chi connectivity index (χ3n) is 1.83. The van der Waals surface area contributed by atoms with Gasteiger partial charge in [-0.3, -0.25) is 4.79 Å². The van der Waals surface area contributed by atoms with Crippen molar-refractivity contribution in [3.63, 3.8) is 0 Å². The number of hydrogen-bond acceptors (Lipinski definition) is 2. The molecule has 3 heteroatoms. The minimum absolute atomic E-state index is 0.482. The molecule has 0 spiro atoms. The molecule has 1 aromatic rings. The molecule has 0 saturated carbocycles. The summed E-state index contributed by atoms with van der Waals surface area (Å²) in [6.07, 6.45) is -0.599. The van der Waals surface area contributed by atoms with Gasteiger partial charge < -0.3 is 4.74 Å². The minimum atomic E-state index is -0.599. The Morgan fingerprint density at radius 2 is 1.79 bits per heavy atom. The first-order chi connectivity index (χ1) is 6.49. The molecule has 0 amide bonds. The molecule has 0 N–H and O–H groups in total. The van der Waals surface area contributed by atoms with Crippen molar-refractivity contribution in [2.45, 2.75) is 26.9 Å². The van der Waals surface area contributed by atoms with E-state index in [0.717, 1.165) is 11.1 Å². The molecule has 0 aliphatic heterocycles. The second-order valence-corrected chi connectivity index (χ2v) is 3.76. The zero-order valence-corrected chi connectivity index (χ0v) is 9.26. The van der Waals surface area contributed by atoms with E-state index in [-0.39, 0.29) is 0 Å². The standard InChI is InChI=1S/C11H13ClO2/c1-7-4-8(2)6-10(5-7)14-9(3)11(12)13/h4-6,9H,1-3H3/t9-/m0/s1. The largest absolute Gasteiger partial charge is 0.482 e. The highest BCUT2D eigenvalue weighted by Gasteiger charge is 2.11. The first kappa shape index (κ1) is 11.1. The summed E-state index contributed by atoms with van der Waals surface area (Å²) in [6.45, 7) is 5.59. The van der Waals surface area contributed by atoms with E-state index in [4.69, 9.17) is 16.3 Å². The van der Waals surface area contributed by atoms with E-state index < -0.39 is 11.3 Å². The number of rotatable bonds is 3. The first-order valence-electron chi connectivity index (χ1n) is 4.43.